The topological polar surface area (TPSA) is 44.1 Å². The third kappa shape index (κ3) is 2.88. The van der Waals surface area contributed by atoms with Crippen molar-refractivity contribution in [3.63, 3.8) is 0 Å². The van der Waals surface area contributed by atoms with E-state index in [9.17, 15) is 13.6 Å². The Morgan fingerprint density at radius 3 is 2.63 bits per heavy atom. The molecule has 148 valence electrons. The third-order valence-electron chi connectivity index (χ3n) is 5.00. The zero-order valence-corrected chi connectivity index (χ0v) is 16.2. The second kappa shape index (κ2) is 7.07. The lowest BCUT2D eigenvalue weighted by Gasteiger charge is -2.24. The number of aromatic nitrogens is 2. The van der Waals surface area contributed by atoms with E-state index in [1.807, 2.05) is 0 Å². The first-order valence-corrected chi connectivity index (χ1v) is 9.50. The van der Waals surface area contributed by atoms with Crippen molar-refractivity contribution in [1.82, 2.24) is 9.55 Å². The number of hydrogen-bond donors (Lipinski definition) is 0. The predicted octanol–water partition coefficient (Wildman–Crippen LogP) is 5.39. The van der Waals surface area contributed by atoms with Crippen LogP contribution in [0.4, 0.5) is 8.78 Å². The zero-order valence-electron chi connectivity index (χ0n) is 15.4. The van der Waals surface area contributed by atoms with Crippen molar-refractivity contribution >= 4 is 11.6 Å². The third-order valence-corrected chi connectivity index (χ3v) is 5.39. The molecule has 0 saturated carbocycles. The molecule has 1 aliphatic heterocycles. The molecule has 1 aliphatic rings. The van der Waals surface area contributed by atoms with E-state index in [0.29, 0.717) is 28.4 Å². The maximum Gasteiger partial charge on any atom is 0.263 e. The van der Waals surface area contributed by atoms with Crippen LogP contribution in [0.15, 0.2) is 71.7 Å². The number of ether oxygens (including phenoxy) is 1. The van der Waals surface area contributed by atoms with Crippen LogP contribution in [0.2, 0.25) is 5.02 Å². The van der Waals surface area contributed by atoms with Crippen molar-refractivity contribution in [3.8, 4) is 33.8 Å². The zero-order chi connectivity index (χ0) is 20.8. The summed E-state index contributed by atoms with van der Waals surface area (Å²) in [6.45, 7) is 0.0942. The van der Waals surface area contributed by atoms with Crippen LogP contribution in [0.5, 0.6) is 5.75 Å². The molecule has 3 heterocycles. The van der Waals surface area contributed by atoms with E-state index < -0.39 is 17.2 Å². The molecular formula is C23H13ClF2N2O2. The van der Waals surface area contributed by atoms with Crippen molar-refractivity contribution in [2.45, 2.75) is 6.61 Å². The summed E-state index contributed by atoms with van der Waals surface area (Å²) >= 11 is 6.18. The Morgan fingerprint density at radius 2 is 1.80 bits per heavy atom. The number of fused-ring (bicyclic) bond motifs is 3. The summed E-state index contributed by atoms with van der Waals surface area (Å²) < 4.78 is 35.2. The second-order valence-corrected chi connectivity index (χ2v) is 7.16. The minimum Gasteiger partial charge on any atom is -0.485 e. The molecule has 4 aromatic rings. The molecule has 0 spiro atoms. The molecule has 5 rings (SSSR count). The number of rotatable bonds is 2. The van der Waals surface area contributed by atoms with E-state index in [-0.39, 0.29) is 22.8 Å². The molecule has 4 nitrogen and oxygen atoms in total. The Balaban J connectivity index is 1.90. The van der Waals surface area contributed by atoms with Gasteiger partial charge in [0.2, 0.25) is 0 Å². The Kier molecular flexibility index (Phi) is 4.37. The van der Waals surface area contributed by atoms with E-state index in [1.165, 1.54) is 34.9 Å². The van der Waals surface area contributed by atoms with Crippen molar-refractivity contribution in [3.05, 3.63) is 99.6 Å². The molecule has 7 heteroatoms. The first kappa shape index (κ1) is 18.5. The van der Waals surface area contributed by atoms with Crippen LogP contribution in [0.3, 0.4) is 0 Å². The van der Waals surface area contributed by atoms with Crippen molar-refractivity contribution in [2.24, 2.45) is 0 Å². The molecule has 0 amide bonds. The van der Waals surface area contributed by atoms with Crippen LogP contribution in [0.1, 0.15) is 5.69 Å². The molecule has 0 aliphatic carbocycles. The number of hydrogen-bond acceptors (Lipinski definition) is 3. The van der Waals surface area contributed by atoms with E-state index in [1.54, 1.807) is 36.5 Å². The molecule has 0 unspecified atom stereocenters. The summed E-state index contributed by atoms with van der Waals surface area (Å²) in [6.07, 6.45) is 1.61. The monoisotopic (exact) mass is 422 g/mol. The summed E-state index contributed by atoms with van der Waals surface area (Å²) in [5.74, 6) is -0.561. The molecule has 0 N–H and O–H groups in total. The highest BCUT2D eigenvalue weighted by molar-refractivity contribution is 6.33. The van der Waals surface area contributed by atoms with Crippen LogP contribution in [-0.4, -0.2) is 9.55 Å². The number of benzene rings is 2. The lowest BCUT2D eigenvalue weighted by atomic mass is 9.99. The minimum absolute atomic E-state index is 0.0942. The van der Waals surface area contributed by atoms with Gasteiger partial charge in [-0.25, -0.2) is 8.78 Å². The lowest BCUT2D eigenvalue weighted by molar-refractivity contribution is 0.292. The van der Waals surface area contributed by atoms with Gasteiger partial charge in [0.25, 0.3) is 5.56 Å². The highest BCUT2D eigenvalue weighted by Gasteiger charge is 2.26. The predicted molar refractivity (Wildman–Crippen MR) is 110 cm³/mol. The standard InChI is InChI=1S/C23H13ClF2N2O2/c24-21-15(6-2-7-18(21)26)16-11-17-19(12-30-20-8-3-9-27-22(17)20)28(23(16)29)14-5-1-4-13(25)10-14/h1-11H,12H2. The van der Waals surface area contributed by atoms with Crippen LogP contribution in [0.25, 0.3) is 28.1 Å². The summed E-state index contributed by atoms with van der Waals surface area (Å²) in [5, 5.41) is -0.159. The smallest absolute Gasteiger partial charge is 0.263 e. The molecule has 0 atom stereocenters. The molecule has 30 heavy (non-hydrogen) atoms. The first-order chi connectivity index (χ1) is 14.5. The molecule has 2 aromatic carbocycles. The SMILES string of the molecule is O=c1c(-c2cccc(F)c2Cl)cc2c(n1-c1cccc(F)c1)COc1cccnc1-2. The van der Waals surface area contributed by atoms with Gasteiger partial charge in [0, 0.05) is 22.9 Å². The van der Waals surface area contributed by atoms with Crippen molar-refractivity contribution in [2.75, 3.05) is 0 Å². The van der Waals surface area contributed by atoms with Crippen LogP contribution in [0, 0.1) is 11.6 Å². The largest absolute Gasteiger partial charge is 0.485 e. The van der Waals surface area contributed by atoms with E-state index in [2.05, 4.69) is 4.98 Å². The molecule has 0 bridgehead atoms. The van der Waals surface area contributed by atoms with Gasteiger partial charge < -0.3 is 4.74 Å². The van der Waals surface area contributed by atoms with Gasteiger partial charge in [-0.15, -0.1) is 0 Å². The average molecular weight is 423 g/mol. The van der Waals surface area contributed by atoms with E-state index in [4.69, 9.17) is 16.3 Å². The van der Waals surface area contributed by atoms with Gasteiger partial charge in [-0.3, -0.25) is 14.3 Å². The van der Waals surface area contributed by atoms with Gasteiger partial charge in [-0.05, 0) is 42.5 Å². The van der Waals surface area contributed by atoms with Gasteiger partial charge in [0.05, 0.1) is 16.4 Å². The quantitative estimate of drug-likeness (QED) is 0.435. The second-order valence-electron chi connectivity index (χ2n) is 6.78. The van der Waals surface area contributed by atoms with Crippen LogP contribution >= 0.6 is 11.6 Å². The van der Waals surface area contributed by atoms with E-state index in [0.717, 1.165) is 0 Å². The lowest BCUT2D eigenvalue weighted by Crippen LogP contribution is -2.27. The van der Waals surface area contributed by atoms with Gasteiger partial charge in [0.15, 0.2) is 0 Å². The molecule has 0 saturated heterocycles. The Labute approximate surface area is 175 Å². The molecular weight excluding hydrogens is 410 g/mol. The maximum atomic E-state index is 14.1. The number of halogens is 3. The van der Waals surface area contributed by atoms with Crippen molar-refractivity contribution < 1.29 is 13.5 Å². The normalized spacial score (nSPS) is 12.1. The van der Waals surface area contributed by atoms with Gasteiger partial charge in [-0.2, -0.15) is 0 Å². The summed E-state index contributed by atoms with van der Waals surface area (Å²) in [6, 6.07) is 15.1. The van der Waals surface area contributed by atoms with E-state index >= 15 is 0 Å². The summed E-state index contributed by atoms with van der Waals surface area (Å²) in [5.41, 5.74) is 1.99. The fourth-order valence-electron chi connectivity index (χ4n) is 3.65. The maximum absolute atomic E-state index is 14.1. The number of nitrogens with zero attached hydrogens (tertiary/aromatic N) is 2. The minimum atomic E-state index is -0.634. The Morgan fingerprint density at radius 1 is 0.967 bits per heavy atom. The highest BCUT2D eigenvalue weighted by Crippen LogP contribution is 2.38. The number of pyridine rings is 2. The highest BCUT2D eigenvalue weighted by atomic mass is 35.5. The van der Waals surface area contributed by atoms with Gasteiger partial charge in [-0.1, -0.05) is 29.8 Å². The van der Waals surface area contributed by atoms with Crippen molar-refractivity contribution in [1.29, 1.82) is 0 Å². The fourth-order valence-corrected chi connectivity index (χ4v) is 3.88. The molecule has 0 radical (unpaired) electrons. The Bertz CT molecular complexity index is 1370. The van der Waals surface area contributed by atoms with Crippen LogP contribution in [-0.2, 0) is 6.61 Å². The molecule has 2 aromatic heterocycles. The van der Waals surface area contributed by atoms with Crippen LogP contribution < -0.4 is 10.3 Å². The Hall–Kier alpha value is -3.51. The summed E-state index contributed by atoms with van der Waals surface area (Å²) in [7, 11) is 0. The average Bonchev–Trinajstić information content (AvgIpc) is 2.75. The van der Waals surface area contributed by atoms with Gasteiger partial charge in [0.1, 0.15) is 29.7 Å². The van der Waals surface area contributed by atoms with Gasteiger partial charge >= 0.3 is 0 Å². The summed E-state index contributed by atoms with van der Waals surface area (Å²) in [4.78, 5) is 17.9. The molecule has 0 fully saturated rings. The fraction of sp³-hybridized carbons (Fsp3) is 0.0435. The first-order valence-electron chi connectivity index (χ1n) is 9.12.